The zero-order chi connectivity index (χ0) is 20.2. The first-order valence-electron chi connectivity index (χ1n) is 9.49. The standard InChI is InChI=1S/C19H30FN3O2S2/c1-14(2)22(15(3)4)10-11-23(16-9-12-27(24,25)13-16)19(26)21-18-8-6-5-7-17(18)20/h5-8,14-16H,9-13H2,1-4H3,(H,21,26)/p+1/t16-/m0/s1. The van der Waals surface area contributed by atoms with Crippen LogP contribution in [0.25, 0.3) is 0 Å². The smallest absolute Gasteiger partial charge is 0.173 e. The largest absolute Gasteiger partial charge is 0.339 e. The molecule has 0 radical (unpaired) electrons. The predicted octanol–water partition coefficient (Wildman–Crippen LogP) is 1.71. The van der Waals surface area contributed by atoms with Gasteiger partial charge in [0.05, 0.1) is 42.4 Å². The van der Waals surface area contributed by atoms with Crippen LogP contribution in [0.5, 0.6) is 0 Å². The van der Waals surface area contributed by atoms with E-state index in [1.165, 1.54) is 11.0 Å². The van der Waals surface area contributed by atoms with Crippen molar-refractivity contribution in [2.45, 2.75) is 52.2 Å². The van der Waals surface area contributed by atoms with E-state index in [0.29, 0.717) is 35.8 Å². The average molecular weight is 417 g/mol. The van der Waals surface area contributed by atoms with E-state index in [1.54, 1.807) is 18.2 Å². The van der Waals surface area contributed by atoms with Gasteiger partial charge in [0.2, 0.25) is 0 Å². The van der Waals surface area contributed by atoms with Gasteiger partial charge < -0.3 is 15.1 Å². The molecule has 2 rings (SSSR count). The van der Waals surface area contributed by atoms with E-state index in [1.807, 2.05) is 4.90 Å². The molecule has 1 saturated heterocycles. The number of para-hydroxylation sites is 1. The van der Waals surface area contributed by atoms with E-state index in [2.05, 4.69) is 33.0 Å². The van der Waals surface area contributed by atoms with Crippen LogP contribution in [0.15, 0.2) is 24.3 Å². The summed E-state index contributed by atoms with van der Waals surface area (Å²) < 4.78 is 38.0. The Morgan fingerprint density at radius 1 is 1.30 bits per heavy atom. The molecule has 0 aromatic heterocycles. The van der Waals surface area contributed by atoms with Crippen molar-refractivity contribution in [3.8, 4) is 0 Å². The lowest BCUT2D eigenvalue weighted by Crippen LogP contribution is -3.18. The van der Waals surface area contributed by atoms with Gasteiger partial charge >= 0.3 is 0 Å². The van der Waals surface area contributed by atoms with E-state index < -0.39 is 9.84 Å². The third-order valence-electron chi connectivity index (χ3n) is 5.15. The van der Waals surface area contributed by atoms with Gasteiger partial charge in [-0.25, -0.2) is 12.8 Å². The molecule has 1 aliphatic heterocycles. The summed E-state index contributed by atoms with van der Waals surface area (Å²) in [5, 5.41) is 3.36. The maximum Gasteiger partial charge on any atom is 0.173 e. The summed E-state index contributed by atoms with van der Waals surface area (Å²) in [7, 11) is -3.04. The molecular formula is C19H31FN3O2S2+. The van der Waals surface area contributed by atoms with E-state index in [9.17, 15) is 12.8 Å². The molecule has 1 aromatic rings. The Morgan fingerprint density at radius 2 is 1.93 bits per heavy atom. The third kappa shape index (κ3) is 6.12. The lowest BCUT2D eigenvalue weighted by Gasteiger charge is -2.34. The zero-order valence-corrected chi connectivity index (χ0v) is 18.2. The summed E-state index contributed by atoms with van der Waals surface area (Å²) >= 11 is 5.56. The zero-order valence-electron chi connectivity index (χ0n) is 16.5. The number of halogens is 1. The Labute approximate surface area is 167 Å². The molecule has 0 saturated carbocycles. The van der Waals surface area contributed by atoms with Crippen LogP contribution < -0.4 is 10.2 Å². The van der Waals surface area contributed by atoms with Gasteiger partial charge in [0.15, 0.2) is 14.9 Å². The highest BCUT2D eigenvalue weighted by Crippen LogP contribution is 2.20. The fraction of sp³-hybridized carbons (Fsp3) is 0.632. The molecule has 1 heterocycles. The number of sulfone groups is 1. The number of anilines is 1. The lowest BCUT2D eigenvalue weighted by atomic mass is 10.2. The van der Waals surface area contributed by atoms with Crippen molar-refractivity contribution >= 4 is 32.9 Å². The molecule has 0 spiro atoms. The van der Waals surface area contributed by atoms with Crippen LogP contribution >= 0.6 is 12.2 Å². The Morgan fingerprint density at radius 3 is 2.44 bits per heavy atom. The van der Waals surface area contributed by atoms with Crippen molar-refractivity contribution in [2.24, 2.45) is 0 Å². The van der Waals surface area contributed by atoms with Gasteiger partial charge in [-0.3, -0.25) is 0 Å². The van der Waals surface area contributed by atoms with Crippen LogP contribution in [-0.2, 0) is 9.84 Å². The quantitative estimate of drug-likeness (QED) is 0.663. The molecule has 27 heavy (non-hydrogen) atoms. The Balaban J connectivity index is 2.16. The van der Waals surface area contributed by atoms with Crippen LogP contribution in [0.2, 0.25) is 0 Å². The summed E-state index contributed by atoms with van der Waals surface area (Å²) in [6, 6.07) is 7.10. The van der Waals surface area contributed by atoms with Gasteiger partial charge in [0.1, 0.15) is 5.82 Å². The normalized spacial score (nSPS) is 19.0. The number of thiocarbonyl (C=S) groups is 1. The number of rotatable bonds is 7. The van der Waals surface area contributed by atoms with E-state index in [4.69, 9.17) is 12.2 Å². The second kappa shape index (κ2) is 9.30. The topological polar surface area (TPSA) is 53.9 Å². The molecular weight excluding hydrogens is 385 g/mol. The minimum atomic E-state index is -3.04. The summed E-state index contributed by atoms with van der Waals surface area (Å²) in [4.78, 5) is 3.37. The van der Waals surface area contributed by atoms with Crippen LogP contribution in [0.4, 0.5) is 10.1 Å². The lowest BCUT2D eigenvalue weighted by molar-refractivity contribution is -0.941. The fourth-order valence-electron chi connectivity index (χ4n) is 3.71. The van der Waals surface area contributed by atoms with E-state index in [-0.39, 0.29) is 23.4 Å². The van der Waals surface area contributed by atoms with E-state index in [0.717, 1.165) is 6.54 Å². The molecule has 1 aliphatic rings. The van der Waals surface area contributed by atoms with Gasteiger partial charge in [-0.15, -0.1) is 0 Å². The number of nitrogens with zero attached hydrogens (tertiary/aromatic N) is 1. The molecule has 0 bridgehead atoms. The fourth-order valence-corrected chi connectivity index (χ4v) is 5.80. The number of hydrogen-bond donors (Lipinski definition) is 2. The minimum Gasteiger partial charge on any atom is -0.339 e. The van der Waals surface area contributed by atoms with Crippen LogP contribution in [0.1, 0.15) is 34.1 Å². The van der Waals surface area contributed by atoms with Gasteiger partial charge in [-0.05, 0) is 58.5 Å². The van der Waals surface area contributed by atoms with Crippen molar-refractivity contribution < 1.29 is 17.7 Å². The number of nitrogens with one attached hydrogen (secondary N) is 2. The highest BCUT2D eigenvalue weighted by Gasteiger charge is 2.34. The maximum atomic E-state index is 14.0. The molecule has 5 nitrogen and oxygen atoms in total. The highest BCUT2D eigenvalue weighted by atomic mass is 32.2. The molecule has 1 aromatic carbocycles. The van der Waals surface area contributed by atoms with Gasteiger partial charge in [-0.1, -0.05) is 12.1 Å². The molecule has 0 aliphatic carbocycles. The molecule has 152 valence electrons. The predicted molar refractivity (Wildman–Crippen MR) is 112 cm³/mol. The van der Waals surface area contributed by atoms with Crippen LogP contribution in [-0.4, -0.2) is 61.2 Å². The van der Waals surface area contributed by atoms with Crippen molar-refractivity contribution in [1.29, 1.82) is 0 Å². The van der Waals surface area contributed by atoms with Crippen molar-refractivity contribution in [3.05, 3.63) is 30.1 Å². The summed E-state index contributed by atoms with van der Waals surface area (Å²) in [5.41, 5.74) is 0.310. The second-order valence-corrected chi connectivity index (χ2v) is 10.4. The third-order valence-corrected chi connectivity index (χ3v) is 7.24. The molecule has 2 N–H and O–H groups in total. The first-order valence-corrected chi connectivity index (χ1v) is 11.7. The van der Waals surface area contributed by atoms with Gasteiger partial charge in [-0.2, -0.15) is 0 Å². The molecule has 8 heteroatoms. The Bertz CT molecular complexity index is 745. The molecule has 1 fully saturated rings. The Hall–Kier alpha value is -1.25. The van der Waals surface area contributed by atoms with Crippen molar-refractivity contribution in [2.75, 3.05) is 29.9 Å². The van der Waals surface area contributed by atoms with Gasteiger partial charge in [0, 0.05) is 6.04 Å². The SMILES string of the molecule is CC(C)[NH+](CCN(C(=S)Nc1ccccc1F)[C@H]1CCS(=O)(=O)C1)C(C)C. The maximum absolute atomic E-state index is 14.0. The van der Waals surface area contributed by atoms with Crippen LogP contribution in [0.3, 0.4) is 0 Å². The summed E-state index contributed by atoms with van der Waals surface area (Å²) in [5.74, 6) is -0.0953. The average Bonchev–Trinajstić information content (AvgIpc) is 2.92. The van der Waals surface area contributed by atoms with Crippen LogP contribution in [0, 0.1) is 5.82 Å². The van der Waals surface area contributed by atoms with E-state index >= 15 is 0 Å². The summed E-state index contributed by atoms with van der Waals surface area (Å²) in [6.45, 7) is 10.2. The highest BCUT2D eigenvalue weighted by molar-refractivity contribution is 7.91. The van der Waals surface area contributed by atoms with Crippen molar-refractivity contribution in [1.82, 2.24) is 4.90 Å². The minimum absolute atomic E-state index is 0.102. The Kier molecular flexibility index (Phi) is 7.59. The van der Waals surface area contributed by atoms with Gasteiger partial charge in [0.25, 0.3) is 0 Å². The second-order valence-electron chi connectivity index (χ2n) is 7.79. The number of quaternary nitrogens is 1. The van der Waals surface area contributed by atoms with Crippen molar-refractivity contribution in [3.63, 3.8) is 0 Å². The first-order chi connectivity index (χ1) is 12.6. The molecule has 0 unspecified atom stereocenters. The molecule has 0 amide bonds. The monoisotopic (exact) mass is 416 g/mol. The molecule has 1 atom stereocenters. The summed E-state index contributed by atoms with van der Waals surface area (Å²) in [6.07, 6.45) is 0.556. The number of benzene rings is 1. The first kappa shape index (κ1) is 22.0. The number of hydrogen-bond acceptors (Lipinski definition) is 3.